The molecule has 0 saturated carbocycles. The summed E-state index contributed by atoms with van der Waals surface area (Å²) in [5.74, 6) is 0.827. The van der Waals surface area contributed by atoms with E-state index in [9.17, 15) is 18.3 Å². The first-order chi connectivity index (χ1) is 14.8. The summed E-state index contributed by atoms with van der Waals surface area (Å²) in [7, 11) is 0. The second kappa shape index (κ2) is 9.71. The lowest BCUT2D eigenvalue weighted by Crippen LogP contribution is -2.10. The average molecular weight is 427 g/mol. The van der Waals surface area contributed by atoms with Gasteiger partial charge in [-0.15, -0.1) is 0 Å². The number of rotatable bonds is 7. The fraction of sp³-hybridized carbons (Fsp3) is 0.200. The van der Waals surface area contributed by atoms with Crippen LogP contribution in [0, 0.1) is 0 Å². The van der Waals surface area contributed by atoms with Gasteiger partial charge in [0.2, 0.25) is 0 Å². The van der Waals surface area contributed by atoms with E-state index in [0.29, 0.717) is 30.9 Å². The van der Waals surface area contributed by atoms with E-state index in [4.69, 9.17) is 10.5 Å². The third kappa shape index (κ3) is 5.47. The van der Waals surface area contributed by atoms with E-state index >= 15 is 0 Å². The van der Waals surface area contributed by atoms with E-state index in [1.54, 1.807) is 24.3 Å². The fourth-order valence-corrected chi connectivity index (χ4v) is 3.42. The minimum Gasteiger partial charge on any atom is -0.508 e. The summed E-state index contributed by atoms with van der Waals surface area (Å²) >= 11 is 0. The Morgan fingerprint density at radius 1 is 0.839 bits per heavy atom. The highest BCUT2D eigenvalue weighted by Gasteiger charge is 2.30. The van der Waals surface area contributed by atoms with E-state index in [1.165, 1.54) is 12.1 Å². The summed E-state index contributed by atoms with van der Waals surface area (Å²) in [6, 6.07) is 19.5. The molecule has 0 saturated heterocycles. The largest absolute Gasteiger partial charge is 0.508 e. The zero-order valence-electron chi connectivity index (χ0n) is 17.1. The van der Waals surface area contributed by atoms with Gasteiger partial charge in [0.05, 0.1) is 5.56 Å². The number of allylic oxidation sites excluding steroid dienone is 1. The lowest BCUT2D eigenvalue weighted by Gasteiger charge is -2.17. The van der Waals surface area contributed by atoms with Gasteiger partial charge in [0.25, 0.3) is 0 Å². The molecular weight excluding hydrogens is 403 g/mol. The van der Waals surface area contributed by atoms with E-state index in [1.807, 2.05) is 31.2 Å². The Kier molecular flexibility index (Phi) is 7.02. The molecule has 6 heteroatoms. The summed E-state index contributed by atoms with van der Waals surface area (Å²) < 4.78 is 44.5. The Hall–Kier alpha value is -3.25. The Bertz CT molecular complexity index is 1020. The number of aromatic hydroxyl groups is 1. The van der Waals surface area contributed by atoms with Crippen LogP contribution in [0.3, 0.4) is 0 Å². The van der Waals surface area contributed by atoms with Crippen LogP contribution in [0.15, 0.2) is 72.8 Å². The molecule has 3 aromatic carbocycles. The van der Waals surface area contributed by atoms with Crippen LogP contribution in [0.4, 0.5) is 13.2 Å². The first kappa shape index (κ1) is 22.4. The highest BCUT2D eigenvalue weighted by Crippen LogP contribution is 2.37. The molecule has 0 fully saturated rings. The van der Waals surface area contributed by atoms with Crippen molar-refractivity contribution in [3.8, 4) is 11.5 Å². The van der Waals surface area contributed by atoms with E-state index in [2.05, 4.69) is 0 Å². The molecule has 0 aromatic heterocycles. The van der Waals surface area contributed by atoms with Crippen molar-refractivity contribution >= 4 is 11.1 Å². The number of alkyl halides is 3. The van der Waals surface area contributed by atoms with Crippen molar-refractivity contribution in [3.63, 3.8) is 0 Å². The molecule has 0 bridgehead atoms. The van der Waals surface area contributed by atoms with Gasteiger partial charge in [-0.05, 0) is 70.7 Å². The van der Waals surface area contributed by atoms with Crippen LogP contribution in [0.25, 0.3) is 11.1 Å². The Morgan fingerprint density at radius 2 is 1.35 bits per heavy atom. The maximum atomic E-state index is 13.0. The SMILES string of the molecule is CCC(=C(c1ccc(O)cc1)c1ccc(OCCN)cc1)c1ccc(C(F)(F)F)cc1. The lowest BCUT2D eigenvalue weighted by atomic mass is 9.88. The zero-order valence-corrected chi connectivity index (χ0v) is 17.1. The summed E-state index contributed by atoms with van der Waals surface area (Å²) in [6.45, 7) is 2.78. The maximum Gasteiger partial charge on any atom is 0.416 e. The van der Waals surface area contributed by atoms with Crippen LogP contribution in [-0.4, -0.2) is 18.3 Å². The number of benzene rings is 3. The second-order valence-corrected chi connectivity index (χ2v) is 6.99. The number of ether oxygens (including phenoxy) is 1. The van der Waals surface area contributed by atoms with Crippen molar-refractivity contribution < 1.29 is 23.0 Å². The Morgan fingerprint density at radius 3 is 1.84 bits per heavy atom. The smallest absolute Gasteiger partial charge is 0.416 e. The number of halogens is 3. The molecule has 3 rings (SSSR count). The van der Waals surface area contributed by atoms with Crippen LogP contribution in [0.2, 0.25) is 0 Å². The first-order valence-electron chi connectivity index (χ1n) is 9.97. The molecule has 3 aromatic rings. The third-order valence-corrected chi connectivity index (χ3v) is 4.90. The molecule has 0 aliphatic heterocycles. The molecule has 162 valence electrons. The summed E-state index contributed by atoms with van der Waals surface area (Å²) in [6.07, 6.45) is -3.78. The van der Waals surface area contributed by atoms with Crippen LogP contribution in [0.1, 0.15) is 35.6 Å². The van der Waals surface area contributed by atoms with Gasteiger partial charge in [-0.1, -0.05) is 43.3 Å². The lowest BCUT2D eigenvalue weighted by molar-refractivity contribution is -0.137. The standard InChI is InChI=1S/C25H24F3NO2/c1-2-23(17-3-9-20(10-4-17)25(26,27)28)24(18-5-11-21(30)12-6-18)19-7-13-22(14-8-19)31-16-15-29/h3-14,30H,2,15-16,29H2,1H3. The van der Waals surface area contributed by atoms with Crippen LogP contribution in [0.5, 0.6) is 11.5 Å². The molecule has 3 N–H and O–H groups in total. The molecule has 0 spiro atoms. The minimum absolute atomic E-state index is 0.140. The minimum atomic E-state index is -4.38. The van der Waals surface area contributed by atoms with Gasteiger partial charge in [-0.25, -0.2) is 0 Å². The van der Waals surface area contributed by atoms with Crippen LogP contribution in [-0.2, 0) is 6.18 Å². The fourth-order valence-electron chi connectivity index (χ4n) is 3.42. The quantitative estimate of drug-likeness (QED) is 0.447. The molecule has 0 radical (unpaired) electrons. The monoisotopic (exact) mass is 427 g/mol. The summed E-state index contributed by atoms with van der Waals surface area (Å²) in [5.41, 5.74) is 9.03. The average Bonchev–Trinajstić information content (AvgIpc) is 2.77. The number of hydrogen-bond donors (Lipinski definition) is 2. The molecule has 0 amide bonds. The molecule has 0 heterocycles. The van der Waals surface area contributed by atoms with Crippen LogP contribution < -0.4 is 10.5 Å². The number of phenols is 1. The summed E-state index contributed by atoms with van der Waals surface area (Å²) in [5, 5.41) is 9.70. The van der Waals surface area contributed by atoms with Gasteiger partial charge in [-0.2, -0.15) is 13.2 Å². The summed E-state index contributed by atoms with van der Waals surface area (Å²) in [4.78, 5) is 0. The van der Waals surface area contributed by atoms with Crippen molar-refractivity contribution in [1.82, 2.24) is 0 Å². The predicted molar refractivity (Wildman–Crippen MR) is 117 cm³/mol. The number of phenolic OH excluding ortho intramolecular Hbond substituents is 1. The topological polar surface area (TPSA) is 55.5 Å². The van der Waals surface area contributed by atoms with Gasteiger partial charge in [-0.3, -0.25) is 0 Å². The van der Waals surface area contributed by atoms with Gasteiger partial charge >= 0.3 is 6.18 Å². The van der Waals surface area contributed by atoms with Crippen molar-refractivity contribution in [2.75, 3.05) is 13.2 Å². The molecule has 0 aliphatic rings. The molecule has 0 atom stereocenters. The third-order valence-electron chi connectivity index (χ3n) is 4.90. The zero-order chi connectivity index (χ0) is 22.4. The number of nitrogens with two attached hydrogens (primary N) is 1. The Balaban J connectivity index is 2.13. The molecule has 0 aliphatic carbocycles. The highest BCUT2D eigenvalue weighted by atomic mass is 19.4. The second-order valence-electron chi connectivity index (χ2n) is 6.99. The first-order valence-corrected chi connectivity index (χ1v) is 9.97. The molecule has 3 nitrogen and oxygen atoms in total. The number of hydrogen-bond acceptors (Lipinski definition) is 3. The van der Waals surface area contributed by atoms with Crippen molar-refractivity contribution in [1.29, 1.82) is 0 Å². The Labute approximate surface area is 179 Å². The highest BCUT2D eigenvalue weighted by molar-refractivity contribution is 5.98. The van der Waals surface area contributed by atoms with Crippen LogP contribution >= 0.6 is 0 Å². The van der Waals surface area contributed by atoms with Gasteiger partial charge < -0.3 is 15.6 Å². The van der Waals surface area contributed by atoms with E-state index < -0.39 is 11.7 Å². The predicted octanol–water partition coefficient (Wildman–Crippen LogP) is 6.12. The van der Waals surface area contributed by atoms with Crippen molar-refractivity contribution in [3.05, 3.63) is 95.1 Å². The normalized spacial score (nSPS) is 12.4. The van der Waals surface area contributed by atoms with E-state index in [-0.39, 0.29) is 5.75 Å². The molecule has 0 unspecified atom stereocenters. The van der Waals surface area contributed by atoms with Crippen molar-refractivity contribution in [2.24, 2.45) is 5.73 Å². The van der Waals surface area contributed by atoms with Gasteiger partial charge in [0.1, 0.15) is 18.1 Å². The van der Waals surface area contributed by atoms with Gasteiger partial charge in [0.15, 0.2) is 0 Å². The van der Waals surface area contributed by atoms with E-state index in [0.717, 1.165) is 34.4 Å². The van der Waals surface area contributed by atoms with Gasteiger partial charge in [0, 0.05) is 6.54 Å². The van der Waals surface area contributed by atoms with Crippen molar-refractivity contribution in [2.45, 2.75) is 19.5 Å². The maximum absolute atomic E-state index is 13.0. The molecule has 31 heavy (non-hydrogen) atoms. The molecular formula is C25H24F3NO2.